The van der Waals surface area contributed by atoms with Gasteiger partial charge in [-0.1, -0.05) is 24.3 Å². The standard InChI is InChI=1S/C37H48N10O11S3/c1-38-32(24-59(51,52)53)35(49)39-16-17-44-60(54,55)29-10-5-25(6-11-29)26-7-12-30(13-8-26)61(56,57)45-31(36(50)58-3)23-42-34(48)27-9-14-33-28(21-27)22-43-47(33)19-4-15-40-37-41-18-20-46(37)2/h5-14,18,20-22,31-32,38,44-45,51-53H,4,15-17,19,23-24H2,1-3H3,(H,39,49)(H,40,41)(H,42,48)/t31-,32-/m0/s1. The van der Waals surface area contributed by atoms with Gasteiger partial charge in [0.2, 0.25) is 31.9 Å². The lowest BCUT2D eigenvalue weighted by Gasteiger charge is -2.24. The highest BCUT2D eigenvalue weighted by atomic mass is 32.3. The van der Waals surface area contributed by atoms with E-state index in [1.807, 2.05) is 22.5 Å². The quantitative estimate of drug-likeness (QED) is 0.0350. The number of hydrogen-bond acceptors (Lipinski definition) is 15. The number of sulfonamides is 2. The highest BCUT2D eigenvalue weighted by molar-refractivity contribution is 8.19. The Balaban J connectivity index is 1.13. The Morgan fingerprint density at radius 2 is 1.49 bits per heavy atom. The molecule has 2 amide bonds. The Hall–Kier alpha value is -5.44. The summed E-state index contributed by atoms with van der Waals surface area (Å²) >= 11 is 0. The van der Waals surface area contributed by atoms with Crippen LogP contribution in [-0.2, 0) is 48.0 Å². The lowest BCUT2D eigenvalue weighted by molar-refractivity contribution is -0.142. The normalized spacial score (nSPS) is 13.3. The summed E-state index contributed by atoms with van der Waals surface area (Å²) in [7, 11) is -7.85. The molecule has 3 aromatic carbocycles. The molecule has 0 aliphatic rings. The molecule has 0 radical (unpaired) electrons. The number of carbonyl (C=O) groups is 3. The molecule has 0 aliphatic carbocycles. The molecular weight excluding hydrogens is 857 g/mol. The molecule has 330 valence electrons. The molecule has 0 aliphatic heterocycles. The van der Waals surface area contributed by atoms with Crippen molar-refractivity contribution in [2.24, 2.45) is 7.05 Å². The van der Waals surface area contributed by atoms with Crippen LogP contribution >= 0.6 is 10.9 Å². The van der Waals surface area contributed by atoms with Crippen LogP contribution in [0.2, 0.25) is 0 Å². The topological polar surface area (TPSA) is 297 Å². The summed E-state index contributed by atoms with van der Waals surface area (Å²) in [6.07, 6.45) is 5.97. The third kappa shape index (κ3) is 12.8. The molecule has 0 saturated carbocycles. The molecule has 9 N–H and O–H groups in total. The van der Waals surface area contributed by atoms with E-state index >= 15 is 0 Å². The van der Waals surface area contributed by atoms with E-state index in [-0.39, 0.29) is 28.4 Å². The van der Waals surface area contributed by atoms with Crippen LogP contribution in [-0.4, -0.2) is 126 Å². The number of aromatic nitrogens is 4. The molecule has 0 fully saturated rings. The average Bonchev–Trinajstić information content (AvgIpc) is 3.85. The molecule has 0 spiro atoms. The summed E-state index contributed by atoms with van der Waals surface area (Å²) in [5.74, 6) is -2.02. The highest BCUT2D eigenvalue weighted by Crippen LogP contribution is 2.33. The van der Waals surface area contributed by atoms with Crippen molar-refractivity contribution in [1.82, 2.24) is 44.7 Å². The molecule has 2 atom stereocenters. The van der Waals surface area contributed by atoms with Gasteiger partial charge in [0.15, 0.2) is 0 Å². The molecule has 61 heavy (non-hydrogen) atoms. The number of ether oxygens (including phenoxy) is 1. The first-order chi connectivity index (χ1) is 28.9. The number of aryl methyl sites for hydroxylation is 2. The number of imidazole rings is 1. The summed E-state index contributed by atoms with van der Waals surface area (Å²) in [4.78, 5) is 42.0. The number of methoxy groups -OCH3 is 1. The van der Waals surface area contributed by atoms with E-state index < -0.39 is 73.1 Å². The third-order valence-corrected chi connectivity index (χ3v) is 13.0. The number of benzene rings is 3. The Labute approximate surface area is 353 Å². The van der Waals surface area contributed by atoms with E-state index in [0.29, 0.717) is 24.2 Å². The van der Waals surface area contributed by atoms with Crippen molar-refractivity contribution in [3.8, 4) is 11.1 Å². The molecule has 0 unspecified atom stereocenters. The number of fused-ring (bicyclic) bond motifs is 1. The number of carbonyl (C=O) groups excluding carboxylic acids is 3. The summed E-state index contributed by atoms with van der Waals surface area (Å²) in [6.45, 7) is 0.565. The fourth-order valence-corrected chi connectivity index (χ4v) is 8.97. The second-order valence-electron chi connectivity index (χ2n) is 13.6. The molecule has 2 heterocycles. The van der Waals surface area contributed by atoms with E-state index in [2.05, 4.69) is 40.8 Å². The van der Waals surface area contributed by atoms with Crippen LogP contribution in [0.1, 0.15) is 16.8 Å². The van der Waals surface area contributed by atoms with Gasteiger partial charge in [0.1, 0.15) is 12.1 Å². The number of esters is 1. The highest BCUT2D eigenvalue weighted by Gasteiger charge is 2.28. The van der Waals surface area contributed by atoms with E-state index in [1.165, 1.54) is 55.6 Å². The number of nitrogens with one attached hydrogen (secondary N) is 6. The van der Waals surface area contributed by atoms with Crippen molar-refractivity contribution in [3.63, 3.8) is 0 Å². The maximum absolute atomic E-state index is 13.4. The molecule has 2 aromatic heterocycles. The number of likely N-dealkylation sites (N-methyl/N-ethyl adjacent to an activating group) is 1. The molecular formula is C37H48N10O11S3. The number of rotatable bonds is 22. The summed E-state index contributed by atoms with van der Waals surface area (Å²) in [6, 6.07) is 13.8. The minimum atomic E-state index is -4.31. The largest absolute Gasteiger partial charge is 0.468 e. The Morgan fingerprint density at radius 3 is 2.08 bits per heavy atom. The van der Waals surface area contributed by atoms with Gasteiger partial charge in [0.25, 0.3) is 5.91 Å². The van der Waals surface area contributed by atoms with Crippen molar-refractivity contribution in [3.05, 3.63) is 90.9 Å². The average molecular weight is 905 g/mol. The van der Waals surface area contributed by atoms with Crippen LogP contribution in [0.4, 0.5) is 5.95 Å². The van der Waals surface area contributed by atoms with E-state index in [4.69, 9.17) is 4.74 Å². The number of anilines is 1. The van der Waals surface area contributed by atoms with E-state index in [9.17, 15) is 44.9 Å². The monoisotopic (exact) mass is 904 g/mol. The van der Waals surface area contributed by atoms with Crippen LogP contribution in [0.3, 0.4) is 0 Å². The zero-order valence-electron chi connectivity index (χ0n) is 33.3. The summed E-state index contributed by atoms with van der Waals surface area (Å²) in [5.41, 5.74) is 2.21. The number of hydrogen-bond donors (Lipinski definition) is 9. The molecule has 21 nitrogen and oxygen atoms in total. The second-order valence-corrected chi connectivity index (χ2v) is 18.6. The van der Waals surface area contributed by atoms with Crippen molar-refractivity contribution in [2.45, 2.75) is 34.8 Å². The fourth-order valence-electron chi connectivity index (χ4n) is 5.98. The van der Waals surface area contributed by atoms with Crippen LogP contribution in [0.15, 0.2) is 95.1 Å². The SMILES string of the molecule is CN[C@@H](CS(O)(O)O)C(=O)NCCNS(=O)(=O)c1ccc(-c2ccc(S(=O)(=O)N[C@@H](CNC(=O)c3ccc4c(cnn4CCCNc4nccn4C)c3)C(=O)OC)cc2)cc1. The van der Waals surface area contributed by atoms with Gasteiger partial charge in [0.05, 0.1) is 45.2 Å². The second kappa shape index (κ2) is 20.4. The summed E-state index contributed by atoms with van der Waals surface area (Å²) in [5, 5.41) is 16.0. The number of amides is 2. The van der Waals surface area contributed by atoms with Gasteiger partial charge in [-0.25, -0.2) is 26.5 Å². The zero-order valence-corrected chi connectivity index (χ0v) is 35.8. The Bertz CT molecular complexity index is 2530. The van der Waals surface area contributed by atoms with Crippen molar-refractivity contribution < 1.29 is 49.6 Å². The van der Waals surface area contributed by atoms with E-state index in [1.54, 1.807) is 30.6 Å². The lowest BCUT2D eigenvalue weighted by atomic mass is 10.1. The minimum absolute atomic E-state index is 0.0807. The van der Waals surface area contributed by atoms with Crippen LogP contribution in [0, 0.1) is 0 Å². The fraction of sp³-hybridized carbons (Fsp3) is 0.324. The lowest BCUT2D eigenvalue weighted by Crippen LogP contribution is -2.48. The smallest absolute Gasteiger partial charge is 0.325 e. The Morgan fingerprint density at radius 1 is 0.836 bits per heavy atom. The predicted octanol–water partition coefficient (Wildman–Crippen LogP) is 1.40. The first-order valence-electron chi connectivity index (χ1n) is 18.6. The maximum atomic E-state index is 13.4. The first kappa shape index (κ1) is 46.6. The van der Waals surface area contributed by atoms with Crippen molar-refractivity contribution in [2.75, 3.05) is 51.4 Å². The van der Waals surface area contributed by atoms with Gasteiger partial charge in [-0.15, -0.1) is 0 Å². The zero-order chi connectivity index (χ0) is 44.4. The summed E-state index contributed by atoms with van der Waals surface area (Å²) < 4.78 is 93.1. The Kier molecular flexibility index (Phi) is 15.6. The van der Waals surface area contributed by atoms with Crippen LogP contribution < -0.4 is 30.7 Å². The van der Waals surface area contributed by atoms with Gasteiger partial charge in [-0.05, 0) is 67.1 Å². The first-order valence-corrected chi connectivity index (χ1v) is 23.2. The molecule has 5 aromatic rings. The van der Waals surface area contributed by atoms with Crippen LogP contribution in [0.25, 0.3) is 22.0 Å². The van der Waals surface area contributed by atoms with Gasteiger partial charge < -0.3 is 44.2 Å². The van der Waals surface area contributed by atoms with Gasteiger partial charge in [-0.3, -0.25) is 19.1 Å². The molecule has 5 rings (SSSR count). The maximum Gasteiger partial charge on any atom is 0.325 e. The molecule has 24 heteroatoms. The predicted molar refractivity (Wildman–Crippen MR) is 228 cm³/mol. The molecule has 0 bridgehead atoms. The number of nitrogens with zero attached hydrogens (tertiary/aromatic N) is 4. The van der Waals surface area contributed by atoms with Gasteiger partial charge >= 0.3 is 5.97 Å². The third-order valence-electron chi connectivity index (χ3n) is 9.24. The van der Waals surface area contributed by atoms with Crippen molar-refractivity contribution >= 4 is 65.6 Å². The van der Waals surface area contributed by atoms with Crippen LogP contribution in [0.5, 0.6) is 0 Å². The van der Waals surface area contributed by atoms with Crippen molar-refractivity contribution in [1.29, 1.82) is 0 Å². The van der Waals surface area contributed by atoms with Gasteiger partial charge in [0, 0.05) is 63.1 Å². The molecule has 0 saturated heterocycles. The van der Waals surface area contributed by atoms with Gasteiger partial charge in [-0.2, -0.15) is 9.82 Å². The minimum Gasteiger partial charge on any atom is -0.468 e. The van der Waals surface area contributed by atoms with E-state index in [0.717, 1.165) is 30.4 Å².